The molecule has 1 aromatic heterocycles. The van der Waals surface area contributed by atoms with Gasteiger partial charge in [0.25, 0.3) is 10.0 Å². The van der Waals surface area contributed by atoms with E-state index < -0.39 is 10.0 Å². The van der Waals surface area contributed by atoms with Crippen LogP contribution in [0.2, 0.25) is 0 Å². The van der Waals surface area contributed by atoms with E-state index >= 15 is 0 Å². The van der Waals surface area contributed by atoms with Crippen molar-refractivity contribution in [1.29, 1.82) is 0 Å². The molecule has 0 saturated carbocycles. The second-order valence-electron chi connectivity index (χ2n) is 6.11. The number of hydrogen-bond donors (Lipinski definition) is 1. The number of hydrogen-bond acceptors (Lipinski definition) is 4. The number of aromatic nitrogens is 2. The van der Waals surface area contributed by atoms with Crippen molar-refractivity contribution in [1.82, 2.24) is 19.2 Å². The molecule has 0 spiro atoms. The second-order valence-corrected chi connectivity index (χ2v) is 8.02. The zero-order valence-electron chi connectivity index (χ0n) is 12.7. The number of piperazine rings is 1. The van der Waals surface area contributed by atoms with Crippen molar-refractivity contribution >= 4 is 10.0 Å². The molecule has 1 N–H and O–H groups in total. The number of sulfonamides is 1. The van der Waals surface area contributed by atoms with Crippen molar-refractivity contribution in [3.8, 4) is 0 Å². The van der Waals surface area contributed by atoms with Crippen LogP contribution in [0.15, 0.2) is 11.2 Å². The van der Waals surface area contributed by atoms with Crippen molar-refractivity contribution in [2.75, 3.05) is 26.2 Å². The summed E-state index contributed by atoms with van der Waals surface area (Å²) >= 11 is 0. The van der Waals surface area contributed by atoms with Gasteiger partial charge in [-0.05, 0) is 20.8 Å². The van der Waals surface area contributed by atoms with Crippen LogP contribution in [0.3, 0.4) is 0 Å². The minimum Gasteiger partial charge on any atom is -0.332 e. The first-order valence-electron chi connectivity index (χ1n) is 7.04. The van der Waals surface area contributed by atoms with Gasteiger partial charge in [0.2, 0.25) is 0 Å². The van der Waals surface area contributed by atoms with Crippen LogP contribution >= 0.6 is 0 Å². The van der Waals surface area contributed by atoms with Crippen LogP contribution in [0, 0.1) is 0 Å². The monoisotopic (exact) mass is 300 g/mol. The summed E-state index contributed by atoms with van der Waals surface area (Å²) in [4.78, 5) is 9.27. The van der Waals surface area contributed by atoms with E-state index in [0.29, 0.717) is 25.3 Å². The number of imidazole rings is 1. The van der Waals surface area contributed by atoms with Crippen LogP contribution in [0.25, 0.3) is 0 Å². The summed E-state index contributed by atoms with van der Waals surface area (Å²) in [5.74, 6) is 0.705. The van der Waals surface area contributed by atoms with Crippen LogP contribution in [0.5, 0.6) is 0 Å². The topological polar surface area (TPSA) is 69.3 Å². The molecule has 1 aliphatic rings. The molecule has 0 aliphatic carbocycles. The smallest absolute Gasteiger partial charge is 0.260 e. The maximum absolute atomic E-state index is 12.5. The summed E-state index contributed by atoms with van der Waals surface area (Å²) in [6.45, 7) is 11.0. The first-order valence-corrected chi connectivity index (χ1v) is 8.48. The van der Waals surface area contributed by atoms with E-state index in [-0.39, 0.29) is 10.6 Å². The van der Waals surface area contributed by atoms with Gasteiger partial charge < -0.3 is 4.98 Å². The lowest BCUT2D eigenvalue weighted by molar-refractivity contribution is 0.0921. The molecule has 1 aliphatic heterocycles. The maximum Gasteiger partial charge on any atom is 0.260 e. The molecule has 0 radical (unpaired) electrons. The molecule has 6 nitrogen and oxygen atoms in total. The summed E-state index contributed by atoms with van der Waals surface area (Å²) in [7, 11) is -3.43. The predicted octanol–water partition coefficient (Wildman–Crippen LogP) is 1.08. The molecule has 0 bridgehead atoms. The molecule has 0 atom stereocenters. The minimum atomic E-state index is -3.43. The molecular formula is C13H24N4O2S. The van der Waals surface area contributed by atoms with E-state index in [1.165, 1.54) is 6.20 Å². The van der Waals surface area contributed by atoms with Gasteiger partial charge in [0.15, 0.2) is 5.03 Å². The van der Waals surface area contributed by atoms with Crippen molar-refractivity contribution < 1.29 is 8.42 Å². The molecular weight excluding hydrogens is 276 g/mol. The van der Waals surface area contributed by atoms with Crippen molar-refractivity contribution in [3.63, 3.8) is 0 Å². The number of aryl methyl sites for hydroxylation is 1. The average Bonchev–Trinajstić information content (AvgIpc) is 2.87. The van der Waals surface area contributed by atoms with E-state index in [4.69, 9.17) is 0 Å². The van der Waals surface area contributed by atoms with Gasteiger partial charge in [-0.15, -0.1) is 0 Å². The average molecular weight is 300 g/mol. The van der Waals surface area contributed by atoms with Crippen LogP contribution < -0.4 is 0 Å². The number of nitrogens with one attached hydrogen (secondary N) is 1. The normalized spacial score (nSPS) is 19.4. The quantitative estimate of drug-likeness (QED) is 0.907. The predicted molar refractivity (Wildman–Crippen MR) is 78.1 cm³/mol. The zero-order valence-corrected chi connectivity index (χ0v) is 13.5. The third kappa shape index (κ3) is 3.05. The van der Waals surface area contributed by atoms with Crippen LogP contribution in [-0.4, -0.2) is 59.3 Å². The van der Waals surface area contributed by atoms with Gasteiger partial charge in [-0.25, -0.2) is 13.4 Å². The molecule has 7 heteroatoms. The van der Waals surface area contributed by atoms with E-state index in [0.717, 1.165) is 13.1 Å². The number of nitrogens with zero attached hydrogens (tertiary/aromatic N) is 3. The molecule has 1 fully saturated rings. The molecule has 20 heavy (non-hydrogen) atoms. The van der Waals surface area contributed by atoms with Gasteiger partial charge in [-0.1, -0.05) is 6.92 Å². The van der Waals surface area contributed by atoms with Gasteiger partial charge in [-0.3, -0.25) is 4.90 Å². The molecule has 2 rings (SSSR count). The highest BCUT2D eigenvalue weighted by molar-refractivity contribution is 7.89. The van der Waals surface area contributed by atoms with E-state index in [9.17, 15) is 8.42 Å². The highest BCUT2D eigenvalue weighted by atomic mass is 32.2. The summed E-state index contributed by atoms with van der Waals surface area (Å²) in [5.41, 5.74) is 0.0826. The SMILES string of the molecule is CCc1ncc(S(=O)(=O)N2CCN(C(C)(C)C)CC2)[nH]1. The van der Waals surface area contributed by atoms with E-state index in [1.807, 2.05) is 6.92 Å². The van der Waals surface area contributed by atoms with Gasteiger partial charge in [-0.2, -0.15) is 4.31 Å². The number of rotatable bonds is 3. The largest absolute Gasteiger partial charge is 0.332 e. The van der Waals surface area contributed by atoms with Crippen LogP contribution in [0.1, 0.15) is 33.5 Å². The van der Waals surface area contributed by atoms with Gasteiger partial charge in [0, 0.05) is 38.1 Å². The summed E-state index contributed by atoms with van der Waals surface area (Å²) in [6.07, 6.45) is 2.12. The second kappa shape index (κ2) is 5.46. The Kier molecular flexibility index (Phi) is 4.22. The Morgan fingerprint density at radius 2 is 1.85 bits per heavy atom. The highest BCUT2D eigenvalue weighted by Gasteiger charge is 2.32. The number of H-pyrrole nitrogens is 1. The van der Waals surface area contributed by atoms with Crippen LogP contribution in [-0.2, 0) is 16.4 Å². The lowest BCUT2D eigenvalue weighted by Crippen LogP contribution is -2.54. The standard InChI is InChI=1S/C13H24N4O2S/c1-5-11-14-10-12(15-11)20(18,19)17-8-6-16(7-9-17)13(2,3)4/h10H,5-9H2,1-4H3,(H,14,15). The number of aromatic amines is 1. The van der Waals surface area contributed by atoms with Gasteiger partial charge in [0.05, 0.1) is 6.20 Å². The first-order chi connectivity index (χ1) is 9.25. The fraction of sp³-hybridized carbons (Fsp3) is 0.769. The minimum absolute atomic E-state index is 0.0826. The highest BCUT2D eigenvalue weighted by Crippen LogP contribution is 2.20. The zero-order chi connectivity index (χ0) is 15.0. The molecule has 0 amide bonds. The van der Waals surface area contributed by atoms with Crippen molar-refractivity contribution in [3.05, 3.63) is 12.0 Å². The Balaban J connectivity index is 2.09. The third-order valence-electron chi connectivity index (χ3n) is 3.75. The molecule has 1 aromatic rings. The lowest BCUT2D eigenvalue weighted by Gasteiger charge is -2.41. The fourth-order valence-electron chi connectivity index (χ4n) is 2.39. The molecule has 0 aromatic carbocycles. The van der Waals surface area contributed by atoms with Gasteiger partial charge in [0.1, 0.15) is 5.82 Å². The van der Waals surface area contributed by atoms with Gasteiger partial charge >= 0.3 is 0 Å². The van der Waals surface area contributed by atoms with E-state index in [1.54, 1.807) is 4.31 Å². The van der Waals surface area contributed by atoms with Crippen molar-refractivity contribution in [2.24, 2.45) is 0 Å². The molecule has 1 saturated heterocycles. The lowest BCUT2D eigenvalue weighted by atomic mass is 10.1. The summed E-state index contributed by atoms with van der Waals surface area (Å²) in [6, 6.07) is 0. The molecule has 114 valence electrons. The summed E-state index contributed by atoms with van der Waals surface area (Å²) in [5, 5.41) is 0.207. The Hall–Kier alpha value is -0.920. The summed E-state index contributed by atoms with van der Waals surface area (Å²) < 4.78 is 26.6. The first kappa shape index (κ1) is 15.5. The van der Waals surface area contributed by atoms with Crippen LogP contribution in [0.4, 0.5) is 0 Å². The Labute approximate surface area is 121 Å². The Morgan fingerprint density at radius 1 is 1.25 bits per heavy atom. The maximum atomic E-state index is 12.5. The molecule has 2 heterocycles. The third-order valence-corrected chi connectivity index (χ3v) is 5.55. The van der Waals surface area contributed by atoms with Crippen molar-refractivity contribution in [2.45, 2.75) is 44.7 Å². The van der Waals surface area contributed by atoms with E-state index in [2.05, 4.69) is 35.6 Å². The fourth-order valence-corrected chi connectivity index (χ4v) is 3.75. The molecule has 0 unspecified atom stereocenters. The Bertz CT molecular complexity index is 551. The Morgan fingerprint density at radius 3 is 2.30 bits per heavy atom.